The number of nitrogens with zero attached hydrogens (tertiary/aromatic N) is 3. The number of aliphatic carboxylic acids is 1. The van der Waals surface area contributed by atoms with Crippen LogP contribution in [0.1, 0.15) is 201 Å². The number of benzene rings is 2. The van der Waals surface area contributed by atoms with Crippen molar-refractivity contribution >= 4 is 76.0 Å². The summed E-state index contributed by atoms with van der Waals surface area (Å²) in [6, 6.07) is 24.6. The van der Waals surface area contributed by atoms with Gasteiger partial charge in [-0.1, -0.05) is 175 Å². The van der Waals surface area contributed by atoms with Crippen LogP contribution in [-0.4, -0.2) is 48.3 Å². The maximum absolute atomic E-state index is 14.4. The average Bonchev–Trinajstić information content (AvgIpc) is 4.40. The number of Topliss-reactive ketones (excluding diaryl/α,β-unsaturated/α-hetero) is 1. The number of rotatable bonds is 29. The molecule has 0 radical (unpaired) electrons. The SMILES string of the molecule is CCCCCCCCCCCC[N+]1=C(/C=C2/C(=O)C(/C=C3\N(CC)c4ccccc4C3(C)C)=C2[O-])C(C)(C)c2cc(-c3cc4c(s3)-c3sc(/C=C(/C#N)C(=O)O)cc3[Si]4(CC(CC)CCCC)CC(CC)CCCC)ccc21. The second-order valence-electron chi connectivity index (χ2n) is 24.2. The number of carbonyl (C=O) groups is 2. The normalized spacial score (nSPS) is 19.8. The molecule has 0 spiro atoms. The minimum atomic E-state index is -2.44. The van der Waals surface area contributed by atoms with Crippen LogP contribution in [0.4, 0.5) is 11.4 Å². The molecule has 2 aromatic heterocycles. The number of thiophene rings is 2. The Labute approximate surface area is 477 Å². The maximum atomic E-state index is 14.4. The molecule has 78 heavy (non-hydrogen) atoms. The van der Waals surface area contributed by atoms with Gasteiger partial charge in [0, 0.05) is 78.1 Å². The van der Waals surface area contributed by atoms with Crippen molar-refractivity contribution in [2.24, 2.45) is 11.8 Å². The zero-order chi connectivity index (χ0) is 55.9. The molecule has 0 bridgehead atoms. The number of hydrogen-bond acceptors (Lipinski definition) is 7. The highest BCUT2D eigenvalue weighted by molar-refractivity contribution is 7.30. The number of anilines is 1. The van der Waals surface area contributed by atoms with Crippen LogP contribution in [0.5, 0.6) is 0 Å². The topological polar surface area (TPSA) is 107 Å². The third kappa shape index (κ3) is 11.6. The van der Waals surface area contributed by atoms with E-state index in [1.54, 1.807) is 22.6 Å². The summed E-state index contributed by atoms with van der Waals surface area (Å²) in [5.41, 5.74) is 7.36. The van der Waals surface area contributed by atoms with Gasteiger partial charge in [0.25, 0.3) is 0 Å². The van der Waals surface area contributed by atoms with E-state index >= 15 is 0 Å². The fourth-order valence-corrected chi connectivity index (χ4v) is 23.9. The van der Waals surface area contributed by atoms with Gasteiger partial charge in [0.1, 0.15) is 26.3 Å². The standard InChI is InChI=1S/C68H89N3O4S2Si/c1-11-17-20-21-22-23-24-25-26-29-36-71-56-35-34-48(38-54(56)68(9,10)61(71)41-52-62(72)51(63(52)73)40-60-67(7,8)53-32-27-28-33-55(53)70(60)16-6)57-42-59-65(77-57)64-58(39-50(76-64)37-49(43-69)66(74)75)78(59,44-46(14-4)30-18-12-2)45-47(15-5)31-19-13-3/h27-28,32-35,37-42,46-47H,11-26,29-31,36,44-45H2,1-10H3,(H-,72,73,74,75)/b49-37-. The third-order valence-corrected chi connectivity index (χ3v) is 26.5. The monoisotopic (exact) mass is 1100 g/mol. The Morgan fingerprint density at radius 2 is 1.36 bits per heavy atom. The Kier molecular flexibility index (Phi) is 19.4. The van der Waals surface area contributed by atoms with Gasteiger partial charge in [0.05, 0.1) is 5.41 Å². The number of ketones is 1. The van der Waals surface area contributed by atoms with E-state index in [4.69, 9.17) is 0 Å². The number of allylic oxidation sites excluding steroid dienone is 5. The second kappa shape index (κ2) is 25.6. The van der Waals surface area contributed by atoms with E-state index in [2.05, 4.69) is 133 Å². The molecule has 0 saturated heterocycles. The Balaban J connectivity index is 1.19. The molecule has 1 aliphatic carbocycles. The Hall–Kier alpha value is -5.08. The van der Waals surface area contributed by atoms with Crippen LogP contribution in [-0.2, 0) is 20.4 Å². The lowest BCUT2D eigenvalue weighted by Crippen LogP contribution is -2.56. The average molecular weight is 1100 g/mol. The molecule has 2 atom stereocenters. The number of unbranched alkanes of at least 4 members (excludes halogenated alkanes) is 11. The first-order valence-electron chi connectivity index (χ1n) is 30.3. The van der Waals surface area contributed by atoms with Crippen molar-refractivity contribution in [2.45, 2.75) is 208 Å². The molecule has 0 amide bonds. The molecule has 4 aromatic rings. The summed E-state index contributed by atoms with van der Waals surface area (Å²) < 4.78 is 2.43. The number of nitriles is 1. The summed E-state index contributed by atoms with van der Waals surface area (Å²) in [5, 5.41) is 37.3. The summed E-state index contributed by atoms with van der Waals surface area (Å²) in [7, 11) is -2.44. The Morgan fingerprint density at radius 3 is 1.95 bits per heavy atom. The molecule has 3 aliphatic heterocycles. The van der Waals surface area contributed by atoms with Gasteiger partial charge in [-0.2, -0.15) is 9.84 Å². The predicted octanol–water partition coefficient (Wildman–Crippen LogP) is 16.6. The number of carboxylic acids is 1. The van der Waals surface area contributed by atoms with Crippen LogP contribution in [0.25, 0.3) is 26.3 Å². The molecular weight excluding hydrogens is 1010 g/mol. The Morgan fingerprint density at radius 1 is 0.756 bits per heavy atom. The van der Waals surface area contributed by atoms with Gasteiger partial charge in [0.2, 0.25) is 5.69 Å². The van der Waals surface area contributed by atoms with Crippen LogP contribution >= 0.6 is 22.7 Å². The van der Waals surface area contributed by atoms with Crippen LogP contribution < -0.4 is 20.4 Å². The molecule has 10 heteroatoms. The van der Waals surface area contributed by atoms with Crippen molar-refractivity contribution in [2.75, 3.05) is 18.0 Å². The van der Waals surface area contributed by atoms with Crippen molar-refractivity contribution in [3.8, 4) is 26.3 Å². The van der Waals surface area contributed by atoms with E-state index in [1.165, 1.54) is 138 Å². The summed E-state index contributed by atoms with van der Waals surface area (Å²) in [6.45, 7) is 24.2. The zero-order valence-corrected chi connectivity index (χ0v) is 51.6. The molecule has 2 aromatic carbocycles. The minimum Gasteiger partial charge on any atom is -0.871 e. The van der Waals surface area contributed by atoms with E-state index in [1.807, 2.05) is 29.6 Å². The Bertz CT molecular complexity index is 3040. The largest absolute Gasteiger partial charge is 0.871 e. The molecule has 1 N–H and O–H groups in total. The highest BCUT2D eigenvalue weighted by Crippen LogP contribution is 2.51. The van der Waals surface area contributed by atoms with E-state index in [0.717, 1.165) is 66.4 Å². The van der Waals surface area contributed by atoms with Gasteiger partial charge < -0.3 is 15.1 Å². The fourth-order valence-electron chi connectivity index (χ4n) is 13.6. The van der Waals surface area contributed by atoms with Crippen molar-refractivity contribution in [1.82, 2.24) is 0 Å². The number of likely N-dealkylation sites (N-methyl/N-ethyl adjacent to an activating group) is 1. The van der Waals surface area contributed by atoms with Crippen LogP contribution in [0.15, 0.2) is 94.9 Å². The number of carboxylic acid groups (broad SMARTS) is 1. The van der Waals surface area contributed by atoms with Crippen molar-refractivity contribution in [3.05, 3.63) is 111 Å². The molecule has 8 rings (SSSR count). The highest BCUT2D eigenvalue weighted by atomic mass is 32.1. The summed E-state index contributed by atoms with van der Waals surface area (Å²) in [5.74, 6) is -0.342. The zero-order valence-electron chi connectivity index (χ0n) is 49.0. The molecule has 7 nitrogen and oxygen atoms in total. The van der Waals surface area contributed by atoms with Gasteiger partial charge in [-0.3, -0.25) is 4.79 Å². The van der Waals surface area contributed by atoms with Crippen molar-refractivity contribution in [3.63, 3.8) is 0 Å². The first kappa shape index (κ1) is 59.0. The number of hydrogen-bond donors (Lipinski definition) is 1. The van der Waals surface area contributed by atoms with E-state index < -0.39 is 19.5 Å². The van der Waals surface area contributed by atoms with Crippen LogP contribution in [0.2, 0.25) is 12.1 Å². The van der Waals surface area contributed by atoms with Gasteiger partial charge >= 0.3 is 5.97 Å². The lowest BCUT2D eigenvalue weighted by molar-refractivity contribution is -0.438. The molecule has 0 saturated carbocycles. The maximum Gasteiger partial charge on any atom is 0.346 e. The van der Waals surface area contributed by atoms with E-state index in [9.17, 15) is 25.1 Å². The highest BCUT2D eigenvalue weighted by Gasteiger charge is 2.51. The third-order valence-electron chi connectivity index (χ3n) is 18.3. The molecular formula is C68H89N3O4S2Si. The van der Waals surface area contributed by atoms with Crippen molar-refractivity contribution in [1.29, 1.82) is 5.26 Å². The van der Waals surface area contributed by atoms with Gasteiger partial charge in [-0.15, -0.1) is 22.7 Å². The first-order valence-corrected chi connectivity index (χ1v) is 34.3. The summed E-state index contributed by atoms with van der Waals surface area (Å²) in [6.07, 6.45) is 27.4. The first-order chi connectivity index (χ1) is 37.5. The quantitative estimate of drug-likeness (QED) is 0.0191. The summed E-state index contributed by atoms with van der Waals surface area (Å²) >= 11 is 3.56. The van der Waals surface area contributed by atoms with Gasteiger partial charge in [0.15, 0.2) is 11.5 Å². The van der Waals surface area contributed by atoms with Crippen molar-refractivity contribution < 1.29 is 24.4 Å². The smallest absolute Gasteiger partial charge is 0.346 e. The molecule has 0 fully saturated rings. The van der Waals surface area contributed by atoms with Crippen LogP contribution in [0.3, 0.4) is 0 Å². The lowest BCUT2D eigenvalue weighted by atomic mass is 9.77. The molecule has 4 aliphatic rings. The van der Waals surface area contributed by atoms with Gasteiger partial charge in [-0.05, 0) is 115 Å². The van der Waals surface area contributed by atoms with Crippen LogP contribution in [0, 0.1) is 23.2 Å². The van der Waals surface area contributed by atoms with Gasteiger partial charge in [-0.25, -0.2) is 4.79 Å². The number of carbonyl (C=O) groups excluding carboxylic acids is 1. The summed E-state index contributed by atoms with van der Waals surface area (Å²) in [4.78, 5) is 33.6. The molecule has 5 heterocycles. The fraction of sp³-hybridized carbons (Fsp3) is 0.529. The van der Waals surface area contributed by atoms with E-state index in [-0.39, 0.29) is 33.7 Å². The number of fused-ring (bicyclic) bond motifs is 5. The lowest BCUT2D eigenvalue weighted by Gasteiger charge is -2.35. The number of para-hydroxylation sites is 1. The van der Waals surface area contributed by atoms with E-state index in [0.29, 0.717) is 11.8 Å². The second-order valence-corrected chi connectivity index (χ2v) is 30.4. The predicted molar refractivity (Wildman–Crippen MR) is 331 cm³/mol. The minimum absolute atomic E-state index is 0.173. The molecule has 2 unspecified atom stereocenters. The molecule has 416 valence electrons.